The fourth-order valence-corrected chi connectivity index (χ4v) is 3.29. The van der Waals surface area contributed by atoms with E-state index in [0.717, 1.165) is 21.2 Å². The fourth-order valence-electron chi connectivity index (χ4n) is 2.32. The first kappa shape index (κ1) is 22.6. The number of nitrogens with zero attached hydrogens (tertiary/aromatic N) is 2. The number of hydrogen-bond acceptors (Lipinski definition) is 5. The molecule has 0 aliphatic rings. The number of pyridine rings is 1. The summed E-state index contributed by atoms with van der Waals surface area (Å²) in [7, 11) is 0. The molecule has 0 aliphatic carbocycles. The lowest BCUT2D eigenvalue weighted by atomic mass is 10.1. The molecule has 0 unspecified atom stereocenters. The summed E-state index contributed by atoms with van der Waals surface area (Å²) in [6.45, 7) is 10.4. The monoisotopic (exact) mass is 514 g/mol. The van der Waals surface area contributed by atoms with Gasteiger partial charge >= 0.3 is 12.2 Å². The van der Waals surface area contributed by atoms with Crippen molar-refractivity contribution in [1.82, 2.24) is 4.98 Å². The number of carbonyl (C=O) groups excluding carboxylic acids is 2. The molecular formula is C20H24Br2N2O4. The highest BCUT2D eigenvalue weighted by Gasteiger charge is 2.35. The highest BCUT2D eigenvalue weighted by atomic mass is 79.9. The highest BCUT2D eigenvalue weighted by Crippen LogP contribution is 2.34. The molecule has 2 rings (SSSR count). The predicted molar refractivity (Wildman–Crippen MR) is 117 cm³/mol. The molecule has 1 aromatic carbocycles. The summed E-state index contributed by atoms with van der Waals surface area (Å²) in [4.78, 5) is 30.8. The highest BCUT2D eigenvalue weighted by molar-refractivity contribution is 9.10. The predicted octanol–water partition coefficient (Wildman–Crippen LogP) is 6.57. The second-order valence-electron chi connectivity index (χ2n) is 8.25. The van der Waals surface area contributed by atoms with E-state index >= 15 is 0 Å². The third-order valence-electron chi connectivity index (χ3n) is 3.39. The molecule has 0 spiro atoms. The van der Waals surface area contributed by atoms with E-state index in [1.807, 2.05) is 18.2 Å². The normalized spacial score (nSPS) is 12.0. The van der Waals surface area contributed by atoms with Crippen LogP contribution >= 0.6 is 31.9 Å². The maximum Gasteiger partial charge on any atom is 0.425 e. The molecule has 0 N–H and O–H groups in total. The van der Waals surface area contributed by atoms with Crippen LogP contribution in [0.4, 0.5) is 15.4 Å². The number of imide groups is 1. The minimum Gasteiger partial charge on any atom is -0.443 e. The Hall–Kier alpha value is -1.67. The molecule has 0 atom stereocenters. The lowest BCUT2D eigenvalue weighted by Crippen LogP contribution is -2.44. The SMILES string of the molecule is CC(C)(C)OC(=O)N(C(=O)OC(C)(C)C)c1ncc2ccc(CBr)cc2c1Br. The number of hydrogen-bond donors (Lipinski definition) is 0. The molecule has 6 nitrogen and oxygen atoms in total. The Bertz CT molecular complexity index is 873. The zero-order valence-electron chi connectivity index (χ0n) is 16.8. The lowest BCUT2D eigenvalue weighted by molar-refractivity contribution is 0.0429. The number of ether oxygens (including phenoxy) is 2. The van der Waals surface area contributed by atoms with Crippen LogP contribution in [0.1, 0.15) is 47.1 Å². The molecule has 0 saturated heterocycles. The molecule has 2 amide bonds. The minimum atomic E-state index is -0.856. The maximum absolute atomic E-state index is 12.8. The Kier molecular flexibility index (Phi) is 6.76. The van der Waals surface area contributed by atoms with Gasteiger partial charge in [-0.15, -0.1) is 0 Å². The molecule has 8 heteroatoms. The Balaban J connectivity index is 2.60. The Morgan fingerprint density at radius 1 is 1.04 bits per heavy atom. The van der Waals surface area contributed by atoms with E-state index in [-0.39, 0.29) is 5.82 Å². The smallest absolute Gasteiger partial charge is 0.425 e. The van der Waals surface area contributed by atoms with E-state index in [9.17, 15) is 9.59 Å². The van der Waals surface area contributed by atoms with Crippen LogP contribution in [0.25, 0.3) is 10.8 Å². The summed E-state index contributed by atoms with van der Waals surface area (Å²) in [5.74, 6) is 0.114. The summed E-state index contributed by atoms with van der Waals surface area (Å²) in [5.41, 5.74) is -0.528. The fraction of sp³-hybridized carbons (Fsp3) is 0.450. The summed E-state index contributed by atoms with van der Waals surface area (Å²) in [6, 6.07) is 5.87. The van der Waals surface area contributed by atoms with Crippen molar-refractivity contribution in [2.45, 2.75) is 58.1 Å². The first-order valence-corrected chi connectivity index (χ1v) is 10.6. The summed E-state index contributed by atoms with van der Waals surface area (Å²) in [5, 5.41) is 2.36. The molecule has 1 heterocycles. The third kappa shape index (κ3) is 5.67. The molecule has 0 saturated carbocycles. The summed E-state index contributed by atoms with van der Waals surface area (Å²) in [6.07, 6.45) is -0.105. The molecular weight excluding hydrogens is 492 g/mol. The number of amides is 2. The van der Waals surface area contributed by atoms with Crippen LogP contribution in [0.15, 0.2) is 28.9 Å². The van der Waals surface area contributed by atoms with Crippen LogP contribution in [0.3, 0.4) is 0 Å². The standard InChI is InChI=1S/C20H24Br2N2O4/c1-19(2,3)27-17(25)24(18(26)28-20(4,5)6)16-15(22)14-9-12(10-21)7-8-13(14)11-23-16/h7-9,11H,10H2,1-6H3. The minimum absolute atomic E-state index is 0.114. The topological polar surface area (TPSA) is 68.7 Å². The Morgan fingerprint density at radius 2 is 1.57 bits per heavy atom. The van der Waals surface area contributed by atoms with Crippen molar-refractivity contribution in [1.29, 1.82) is 0 Å². The van der Waals surface area contributed by atoms with Crippen LogP contribution in [0.5, 0.6) is 0 Å². The molecule has 0 fully saturated rings. The van der Waals surface area contributed by atoms with Crippen LogP contribution in [0.2, 0.25) is 0 Å². The second kappa shape index (κ2) is 8.37. The molecule has 0 radical (unpaired) electrons. The van der Waals surface area contributed by atoms with E-state index in [1.165, 1.54) is 0 Å². The van der Waals surface area contributed by atoms with Crippen molar-refractivity contribution in [3.05, 3.63) is 34.4 Å². The van der Waals surface area contributed by atoms with Crippen molar-refractivity contribution < 1.29 is 19.1 Å². The van der Waals surface area contributed by atoms with E-state index in [2.05, 4.69) is 36.8 Å². The van der Waals surface area contributed by atoms with Crippen molar-refractivity contribution >= 4 is 60.6 Å². The molecule has 0 bridgehead atoms. The third-order valence-corrected chi connectivity index (χ3v) is 4.82. The number of fused-ring (bicyclic) bond motifs is 1. The van der Waals surface area contributed by atoms with Crippen molar-refractivity contribution in [2.24, 2.45) is 0 Å². The maximum atomic E-state index is 12.8. The van der Waals surface area contributed by atoms with Crippen molar-refractivity contribution in [2.75, 3.05) is 4.90 Å². The average Bonchev–Trinajstić information content (AvgIpc) is 2.53. The van der Waals surface area contributed by atoms with Gasteiger partial charge in [-0.1, -0.05) is 28.1 Å². The van der Waals surface area contributed by atoms with E-state index < -0.39 is 23.4 Å². The van der Waals surface area contributed by atoms with E-state index in [0.29, 0.717) is 9.80 Å². The van der Waals surface area contributed by atoms with Gasteiger partial charge in [-0.3, -0.25) is 0 Å². The van der Waals surface area contributed by atoms with Gasteiger partial charge in [0, 0.05) is 22.3 Å². The van der Waals surface area contributed by atoms with Crippen LogP contribution in [0, 0.1) is 0 Å². The first-order valence-electron chi connectivity index (χ1n) is 8.71. The summed E-state index contributed by atoms with van der Waals surface area (Å²) >= 11 is 6.94. The number of anilines is 1. The second-order valence-corrected chi connectivity index (χ2v) is 9.60. The zero-order valence-corrected chi connectivity index (χ0v) is 20.0. The van der Waals surface area contributed by atoms with Gasteiger partial charge in [-0.2, -0.15) is 4.90 Å². The zero-order chi connectivity index (χ0) is 21.3. The van der Waals surface area contributed by atoms with Gasteiger partial charge in [0.05, 0.1) is 4.47 Å². The molecule has 152 valence electrons. The van der Waals surface area contributed by atoms with Crippen LogP contribution in [-0.4, -0.2) is 28.4 Å². The van der Waals surface area contributed by atoms with Gasteiger partial charge < -0.3 is 9.47 Å². The Morgan fingerprint density at radius 3 is 2.04 bits per heavy atom. The van der Waals surface area contributed by atoms with Gasteiger partial charge in [-0.05, 0) is 69.1 Å². The molecule has 0 aliphatic heterocycles. The number of benzene rings is 1. The number of alkyl halides is 1. The van der Waals surface area contributed by atoms with Gasteiger partial charge in [-0.25, -0.2) is 14.6 Å². The molecule has 2 aromatic rings. The van der Waals surface area contributed by atoms with Crippen molar-refractivity contribution in [3.63, 3.8) is 0 Å². The number of carbonyl (C=O) groups is 2. The first-order chi connectivity index (χ1) is 12.8. The van der Waals surface area contributed by atoms with Gasteiger partial charge in [0.1, 0.15) is 11.2 Å². The van der Waals surface area contributed by atoms with Gasteiger partial charge in [0.15, 0.2) is 5.82 Å². The Labute approximate surface area is 181 Å². The van der Waals surface area contributed by atoms with Gasteiger partial charge in [0.2, 0.25) is 0 Å². The number of aromatic nitrogens is 1. The quantitative estimate of drug-likeness (QED) is 0.423. The van der Waals surface area contributed by atoms with Crippen LogP contribution in [-0.2, 0) is 14.8 Å². The lowest BCUT2D eigenvalue weighted by Gasteiger charge is -2.28. The van der Waals surface area contributed by atoms with E-state index in [1.54, 1.807) is 47.7 Å². The summed E-state index contributed by atoms with van der Waals surface area (Å²) < 4.78 is 11.3. The van der Waals surface area contributed by atoms with Crippen molar-refractivity contribution in [3.8, 4) is 0 Å². The number of rotatable bonds is 2. The number of halogens is 2. The van der Waals surface area contributed by atoms with E-state index in [4.69, 9.17) is 9.47 Å². The van der Waals surface area contributed by atoms with Crippen LogP contribution < -0.4 is 4.90 Å². The molecule has 28 heavy (non-hydrogen) atoms. The van der Waals surface area contributed by atoms with Gasteiger partial charge in [0.25, 0.3) is 0 Å². The largest absolute Gasteiger partial charge is 0.443 e. The average molecular weight is 516 g/mol. The molecule has 1 aromatic heterocycles.